The highest BCUT2D eigenvalue weighted by Crippen LogP contribution is 2.35. The molecule has 0 fully saturated rings. The summed E-state index contributed by atoms with van der Waals surface area (Å²) in [5, 5.41) is 20.6. The van der Waals surface area contributed by atoms with Gasteiger partial charge in [-0.2, -0.15) is 5.10 Å². The van der Waals surface area contributed by atoms with Crippen LogP contribution in [0.4, 0.5) is 11.4 Å². The van der Waals surface area contributed by atoms with Gasteiger partial charge in [0, 0.05) is 0 Å². The number of aromatic amines is 1. The molecule has 100 valence electrons. The van der Waals surface area contributed by atoms with Crippen molar-refractivity contribution in [3.05, 3.63) is 40.5 Å². The lowest BCUT2D eigenvalue weighted by Crippen LogP contribution is -2.10. The molecule has 8 nitrogen and oxygen atoms in total. The van der Waals surface area contributed by atoms with Gasteiger partial charge < -0.3 is 10.1 Å². The van der Waals surface area contributed by atoms with E-state index in [9.17, 15) is 10.1 Å². The van der Waals surface area contributed by atoms with E-state index < -0.39 is 4.92 Å². The molecule has 0 aliphatic heterocycles. The number of anilines is 1. The quantitative estimate of drug-likeness (QED) is 0.630. The molecule has 1 aromatic carbocycles. The fourth-order valence-electron chi connectivity index (χ4n) is 1.72. The second-order valence-electron chi connectivity index (χ2n) is 3.85. The third kappa shape index (κ3) is 2.62. The molecule has 0 amide bonds. The van der Waals surface area contributed by atoms with Crippen molar-refractivity contribution in [2.45, 2.75) is 13.0 Å². The zero-order chi connectivity index (χ0) is 13.8. The summed E-state index contributed by atoms with van der Waals surface area (Å²) >= 11 is 0. The first kappa shape index (κ1) is 12.8. The van der Waals surface area contributed by atoms with Crippen molar-refractivity contribution in [2.24, 2.45) is 0 Å². The van der Waals surface area contributed by atoms with E-state index in [1.807, 2.05) is 6.92 Å². The fraction of sp³-hybridized carbons (Fsp3) is 0.273. The Morgan fingerprint density at radius 3 is 2.89 bits per heavy atom. The van der Waals surface area contributed by atoms with E-state index in [0.29, 0.717) is 11.5 Å². The molecule has 0 saturated carbocycles. The van der Waals surface area contributed by atoms with Crippen LogP contribution in [0.2, 0.25) is 0 Å². The molecule has 0 spiro atoms. The lowest BCUT2D eigenvalue weighted by atomic mass is 10.2. The second-order valence-corrected chi connectivity index (χ2v) is 3.85. The average molecular weight is 263 g/mol. The molecule has 1 atom stereocenters. The molecule has 0 aliphatic rings. The fourth-order valence-corrected chi connectivity index (χ4v) is 1.72. The molecule has 0 saturated heterocycles. The van der Waals surface area contributed by atoms with Crippen molar-refractivity contribution in [2.75, 3.05) is 12.4 Å². The Morgan fingerprint density at radius 1 is 1.53 bits per heavy atom. The van der Waals surface area contributed by atoms with E-state index in [2.05, 4.69) is 20.5 Å². The number of H-pyrrole nitrogens is 1. The van der Waals surface area contributed by atoms with E-state index in [4.69, 9.17) is 4.74 Å². The molecule has 8 heteroatoms. The van der Waals surface area contributed by atoms with Crippen molar-refractivity contribution in [1.82, 2.24) is 15.2 Å². The van der Waals surface area contributed by atoms with Crippen molar-refractivity contribution in [1.29, 1.82) is 0 Å². The smallest absolute Gasteiger partial charge is 0.333 e. The minimum atomic E-state index is -0.478. The molecule has 1 heterocycles. The van der Waals surface area contributed by atoms with Crippen LogP contribution < -0.4 is 10.1 Å². The van der Waals surface area contributed by atoms with E-state index in [1.165, 1.54) is 13.4 Å². The highest BCUT2D eigenvalue weighted by Gasteiger charge is 2.22. The van der Waals surface area contributed by atoms with Crippen LogP contribution >= 0.6 is 0 Å². The summed E-state index contributed by atoms with van der Waals surface area (Å²) in [4.78, 5) is 14.6. The van der Waals surface area contributed by atoms with Gasteiger partial charge in [-0.3, -0.25) is 15.2 Å². The van der Waals surface area contributed by atoms with Crippen molar-refractivity contribution in [3.63, 3.8) is 0 Å². The summed E-state index contributed by atoms with van der Waals surface area (Å²) in [6, 6.07) is 4.60. The van der Waals surface area contributed by atoms with Gasteiger partial charge in [-0.1, -0.05) is 6.07 Å². The predicted molar refractivity (Wildman–Crippen MR) is 68.1 cm³/mol. The average Bonchev–Trinajstić information content (AvgIpc) is 2.92. The standard InChI is InChI=1S/C11H13N5O3/c1-7(11-12-6-13-15-11)14-8-4-3-5-9(19-2)10(8)16(17)18/h3-7,14H,1-2H3,(H,12,13,15). The molecule has 0 bridgehead atoms. The first-order valence-corrected chi connectivity index (χ1v) is 5.56. The number of ether oxygens (including phenoxy) is 1. The lowest BCUT2D eigenvalue weighted by molar-refractivity contribution is -0.384. The third-order valence-corrected chi connectivity index (χ3v) is 2.62. The number of nitro groups is 1. The van der Waals surface area contributed by atoms with Gasteiger partial charge in [0.25, 0.3) is 0 Å². The number of rotatable bonds is 5. The first-order chi connectivity index (χ1) is 9.13. The number of hydrogen-bond acceptors (Lipinski definition) is 6. The molecule has 1 aromatic heterocycles. The van der Waals surface area contributed by atoms with Crippen molar-refractivity contribution < 1.29 is 9.66 Å². The van der Waals surface area contributed by atoms with Gasteiger partial charge in [0.1, 0.15) is 17.8 Å². The zero-order valence-corrected chi connectivity index (χ0v) is 10.5. The first-order valence-electron chi connectivity index (χ1n) is 5.56. The highest BCUT2D eigenvalue weighted by atomic mass is 16.6. The number of hydrogen-bond donors (Lipinski definition) is 2. The molecule has 2 aromatic rings. The number of nitro benzene ring substituents is 1. The van der Waals surface area contributed by atoms with Gasteiger partial charge in [0.15, 0.2) is 5.75 Å². The van der Waals surface area contributed by atoms with Gasteiger partial charge in [0.2, 0.25) is 0 Å². The van der Waals surface area contributed by atoms with Crippen LogP contribution in [0.25, 0.3) is 0 Å². The number of benzene rings is 1. The van der Waals surface area contributed by atoms with Crippen molar-refractivity contribution in [3.8, 4) is 5.75 Å². The maximum Gasteiger partial charge on any atom is 0.333 e. The summed E-state index contributed by atoms with van der Waals surface area (Å²) in [6.45, 7) is 1.82. The van der Waals surface area contributed by atoms with Crippen LogP contribution in [0.5, 0.6) is 5.75 Å². The van der Waals surface area contributed by atoms with Crippen LogP contribution in [-0.4, -0.2) is 27.2 Å². The van der Waals surface area contributed by atoms with Gasteiger partial charge in [-0.05, 0) is 19.1 Å². The van der Waals surface area contributed by atoms with Gasteiger partial charge in [-0.25, -0.2) is 4.98 Å². The van der Waals surface area contributed by atoms with Gasteiger partial charge in [0.05, 0.1) is 18.1 Å². The maximum atomic E-state index is 11.1. The van der Waals surface area contributed by atoms with Crippen LogP contribution in [0, 0.1) is 10.1 Å². The zero-order valence-electron chi connectivity index (χ0n) is 10.5. The second kappa shape index (κ2) is 5.34. The van der Waals surface area contributed by atoms with Crippen LogP contribution in [0.15, 0.2) is 24.5 Å². The molecule has 2 rings (SSSR count). The Hall–Kier alpha value is -2.64. The Bertz CT molecular complexity index is 570. The molecule has 19 heavy (non-hydrogen) atoms. The molecule has 0 radical (unpaired) electrons. The highest BCUT2D eigenvalue weighted by molar-refractivity contribution is 5.68. The summed E-state index contributed by atoms with van der Waals surface area (Å²) in [5.74, 6) is 0.803. The van der Waals surface area contributed by atoms with Crippen LogP contribution in [0.3, 0.4) is 0 Å². The number of para-hydroxylation sites is 1. The predicted octanol–water partition coefficient (Wildman–Crippen LogP) is 1.89. The van der Waals surface area contributed by atoms with E-state index in [-0.39, 0.29) is 17.5 Å². The number of nitrogens with one attached hydrogen (secondary N) is 2. The Kier molecular flexibility index (Phi) is 3.60. The molecule has 1 unspecified atom stereocenters. The lowest BCUT2D eigenvalue weighted by Gasteiger charge is -2.13. The summed E-state index contributed by atoms with van der Waals surface area (Å²) in [5.41, 5.74) is 0.268. The van der Waals surface area contributed by atoms with Crippen LogP contribution in [0.1, 0.15) is 18.8 Å². The number of aromatic nitrogens is 3. The monoisotopic (exact) mass is 263 g/mol. The largest absolute Gasteiger partial charge is 0.490 e. The minimum absolute atomic E-state index is 0.101. The maximum absolute atomic E-state index is 11.1. The summed E-state index contributed by atoms with van der Waals surface area (Å²) in [7, 11) is 1.39. The van der Waals surface area contributed by atoms with Crippen molar-refractivity contribution >= 4 is 11.4 Å². The molecular weight excluding hydrogens is 250 g/mol. The van der Waals surface area contributed by atoms with E-state index in [0.717, 1.165) is 0 Å². The molecule has 0 aliphatic carbocycles. The minimum Gasteiger partial charge on any atom is -0.490 e. The third-order valence-electron chi connectivity index (χ3n) is 2.62. The number of methoxy groups -OCH3 is 1. The molecular formula is C11H13N5O3. The normalized spacial score (nSPS) is 11.9. The Labute approximate surface area is 109 Å². The van der Waals surface area contributed by atoms with E-state index in [1.54, 1.807) is 18.2 Å². The van der Waals surface area contributed by atoms with Crippen LogP contribution in [-0.2, 0) is 0 Å². The topological polar surface area (TPSA) is 106 Å². The Balaban J connectivity index is 2.32. The van der Waals surface area contributed by atoms with E-state index >= 15 is 0 Å². The van der Waals surface area contributed by atoms with Gasteiger partial charge in [-0.15, -0.1) is 0 Å². The summed E-state index contributed by atoms with van der Waals surface area (Å²) < 4.78 is 5.00. The SMILES string of the molecule is COc1cccc(NC(C)c2ncn[nH]2)c1[N+](=O)[O-]. The molecule has 2 N–H and O–H groups in total. The van der Waals surface area contributed by atoms with Gasteiger partial charge >= 0.3 is 5.69 Å². The number of nitrogens with zero attached hydrogens (tertiary/aromatic N) is 3. The summed E-state index contributed by atoms with van der Waals surface area (Å²) in [6.07, 6.45) is 1.38. The Morgan fingerprint density at radius 2 is 2.32 bits per heavy atom.